The van der Waals surface area contributed by atoms with Crippen molar-refractivity contribution in [1.82, 2.24) is 4.90 Å². The summed E-state index contributed by atoms with van der Waals surface area (Å²) >= 11 is 0. The van der Waals surface area contributed by atoms with Gasteiger partial charge in [-0.15, -0.1) is 0 Å². The molecule has 1 heterocycles. The van der Waals surface area contributed by atoms with Gasteiger partial charge in [0.05, 0.1) is 5.92 Å². The van der Waals surface area contributed by atoms with E-state index < -0.39 is 11.9 Å². The molecule has 2 rings (SSSR count). The lowest BCUT2D eigenvalue weighted by Gasteiger charge is -2.30. The van der Waals surface area contributed by atoms with Crippen molar-refractivity contribution in [2.45, 2.75) is 32.2 Å². The number of carboxylic acid groups (broad SMARTS) is 2. The Morgan fingerprint density at radius 1 is 1.24 bits per heavy atom. The van der Waals surface area contributed by atoms with Gasteiger partial charge in [-0.2, -0.15) is 0 Å². The van der Waals surface area contributed by atoms with Crippen LogP contribution in [0.15, 0.2) is 24.3 Å². The molecule has 5 nitrogen and oxygen atoms in total. The third kappa shape index (κ3) is 4.86. The molecular weight excluding hydrogens is 270 g/mol. The minimum Gasteiger partial charge on any atom is -0.481 e. The van der Waals surface area contributed by atoms with Gasteiger partial charge in [-0.05, 0) is 36.9 Å². The first-order valence-corrected chi connectivity index (χ1v) is 7.29. The highest BCUT2D eigenvalue weighted by atomic mass is 16.4. The fourth-order valence-electron chi connectivity index (χ4n) is 2.79. The molecule has 21 heavy (non-hydrogen) atoms. The van der Waals surface area contributed by atoms with Crippen LogP contribution in [-0.2, 0) is 22.6 Å². The van der Waals surface area contributed by atoms with E-state index in [1.54, 1.807) is 0 Å². The van der Waals surface area contributed by atoms with Gasteiger partial charge < -0.3 is 10.2 Å². The summed E-state index contributed by atoms with van der Waals surface area (Å²) in [6.45, 7) is 2.24. The van der Waals surface area contributed by atoms with Gasteiger partial charge in [0, 0.05) is 19.5 Å². The van der Waals surface area contributed by atoms with Gasteiger partial charge in [0.15, 0.2) is 0 Å². The van der Waals surface area contributed by atoms with Crippen LogP contribution < -0.4 is 0 Å². The van der Waals surface area contributed by atoms with Crippen LogP contribution in [0.4, 0.5) is 0 Å². The number of hydrogen-bond donors (Lipinski definition) is 2. The zero-order valence-electron chi connectivity index (χ0n) is 12.0. The summed E-state index contributed by atoms with van der Waals surface area (Å²) in [4.78, 5) is 23.8. The quantitative estimate of drug-likeness (QED) is 0.838. The molecule has 1 atom stereocenters. The molecule has 1 aliphatic heterocycles. The van der Waals surface area contributed by atoms with Crippen LogP contribution >= 0.6 is 0 Å². The number of nitrogens with zero attached hydrogens (tertiary/aromatic N) is 1. The molecule has 1 aromatic rings. The fraction of sp³-hybridized carbons (Fsp3) is 0.500. The van der Waals surface area contributed by atoms with E-state index in [0.717, 1.165) is 37.1 Å². The largest absolute Gasteiger partial charge is 0.481 e. The standard InChI is InChI=1S/C16H21NO4/c18-15(19)7-6-12-3-1-4-13(9-12)10-17-8-2-5-14(11-17)16(20)21/h1,3-4,9,14H,2,5-8,10-11H2,(H,18,19)(H,20,21). The smallest absolute Gasteiger partial charge is 0.307 e. The minimum atomic E-state index is -0.791. The molecule has 1 fully saturated rings. The van der Waals surface area contributed by atoms with Crippen LogP contribution in [0, 0.1) is 5.92 Å². The van der Waals surface area contributed by atoms with Crippen molar-refractivity contribution in [3.63, 3.8) is 0 Å². The Morgan fingerprint density at radius 2 is 2.00 bits per heavy atom. The average Bonchev–Trinajstić information content (AvgIpc) is 2.46. The third-order valence-corrected chi connectivity index (χ3v) is 3.88. The predicted molar refractivity (Wildman–Crippen MR) is 78.0 cm³/mol. The molecule has 5 heteroatoms. The lowest BCUT2D eigenvalue weighted by atomic mass is 9.97. The molecule has 0 spiro atoms. The number of aryl methyl sites for hydroxylation is 1. The molecule has 1 aromatic carbocycles. The highest BCUT2D eigenvalue weighted by Crippen LogP contribution is 2.19. The number of likely N-dealkylation sites (tertiary alicyclic amines) is 1. The maximum atomic E-state index is 11.1. The molecule has 1 saturated heterocycles. The molecule has 1 unspecified atom stereocenters. The van der Waals surface area contributed by atoms with Gasteiger partial charge in [0.2, 0.25) is 0 Å². The van der Waals surface area contributed by atoms with Gasteiger partial charge in [-0.25, -0.2) is 0 Å². The lowest BCUT2D eigenvalue weighted by molar-refractivity contribution is -0.143. The van der Waals surface area contributed by atoms with Crippen molar-refractivity contribution < 1.29 is 19.8 Å². The first-order chi connectivity index (χ1) is 10.0. The monoisotopic (exact) mass is 291 g/mol. The van der Waals surface area contributed by atoms with Crippen molar-refractivity contribution in [3.8, 4) is 0 Å². The van der Waals surface area contributed by atoms with Crippen molar-refractivity contribution in [1.29, 1.82) is 0 Å². The number of hydrogen-bond acceptors (Lipinski definition) is 3. The maximum Gasteiger partial charge on any atom is 0.307 e. The summed E-state index contributed by atoms with van der Waals surface area (Å²) in [5, 5.41) is 17.8. The van der Waals surface area contributed by atoms with Crippen molar-refractivity contribution in [2.24, 2.45) is 5.92 Å². The molecule has 2 N–H and O–H groups in total. The highest BCUT2D eigenvalue weighted by molar-refractivity contribution is 5.70. The molecular formula is C16H21NO4. The second kappa shape index (κ2) is 7.22. The van der Waals surface area contributed by atoms with Crippen molar-refractivity contribution in [2.75, 3.05) is 13.1 Å². The van der Waals surface area contributed by atoms with Crippen LogP contribution in [0.2, 0.25) is 0 Å². The molecule has 114 valence electrons. The van der Waals surface area contributed by atoms with E-state index in [1.165, 1.54) is 0 Å². The Balaban J connectivity index is 1.94. The van der Waals surface area contributed by atoms with E-state index in [0.29, 0.717) is 13.0 Å². The van der Waals surface area contributed by atoms with Gasteiger partial charge in [-0.3, -0.25) is 14.5 Å². The number of carbonyl (C=O) groups is 2. The zero-order valence-corrected chi connectivity index (χ0v) is 12.0. The minimum absolute atomic E-state index is 0.133. The summed E-state index contributed by atoms with van der Waals surface area (Å²) in [5.74, 6) is -1.77. The van der Waals surface area contributed by atoms with Crippen LogP contribution in [0.1, 0.15) is 30.4 Å². The summed E-state index contributed by atoms with van der Waals surface area (Å²) < 4.78 is 0. The van der Waals surface area contributed by atoms with E-state index in [1.807, 2.05) is 24.3 Å². The Morgan fingerprint density at radius 3 is 2.71 bits per heavy atom. The molecule has 0 aliphatic carbocycles. The number of aliphatic carboxylic acids is 2. The summed E-state index contributed by atoms with van der Waals surface area (Å²) in [6, 6.07) is 7.90. The zero-order chi connectivity index (χ0) is 15.2. The Bertz CT molecular complexity index is 515. The fourth-order valence-corrected chi connectivity index (χ4v) is 2.79. The van der Waals surface area contributed by atoms with Crippen molar-refractivity contribution >= 4 is 11.9 Å². The highest BCUT2D eigenvalue weighted by Gasteiger charge is 2.25. The lowest BCUT2D eigenvalue weighted by Crippen LogP contribution is -2.38. The topological polar surface area (TPSA) is 77.8 Å². The predicted octanol–water partition coefficient (Wildman–Crippen LogP) is 2.00. The Hall–Kier alpha value is -1.88. The molecule has 0 saturated carbocycles. The summed E-state index contributed by atoms with van der Waals surface area (Å²) in [7, 11) is 0. The SMILES string of the molecule is O=C(O)CCc1cccc(CN2CCCC(C(=O)O)C2)c1. The van der Waals surface area contributed by atoms with Crippen molar-refractivity contribution in [3.05, 3.63) is 35.4 Å². The summed E-state index contributed by atoms with van der Waals surface area (Å²) in [6.07, 6.45) is 2.33. The number of rotatable bonds is 6. The van der Waals surface area contributed by atoms with Gasteiger partial charge in [-0.1, -0.05) is 24.3 Å². The van der Waals surface area contributed by atoms with E-state index in [4.69, 9.17) is 10.2 Å². The number of benzene rings is 1. The van der Waals surface area contributed by atoms with Gasteiger partial charge in [0.25, 0.3) is 0 Å². The molecule has 0 radical (unpaired) electrons. The van der Waals surface area contributed by atoms with E-state index in [9.17, 15) is 9.59 Å². The maximum absolute atomic E-state index is 11.1. The van der Waals surface area contributed by atoms with Crippen LogP contribution in [0.25, 0.3) is 0 Å². The second-order valence-corrected chi connectivity index (χ2v) is 5.63. The second-order valence-electron chi connectivity index (χ2n) is 5.63. The van der Waals surface area contributed by atoms with Crippen LogP contribution in [0.3, 0.4) is 0 Å². The van der Waals surface area contributed by atoms with E-state index in [-0.39, 0.29) is 12.3 Å². The van der Waals surface area contributed by atoms with Crippen LogP contribution in [-0.4, -0.2) is 40.1 Å². The Labute approximate surface area is 124 Å². The average molecular weight is 291 g/mol. The van der Waals surface area contributed by atoms with Gasteiger partial charge in [0.1, 0.15) is 0 Å². The van der Waals surface area contributed by atoms with Crippen LogP contribution in [0.5, 0.6) is 0 Å². The first kappa shape index (κ1) is 15.5. The van der Waals surface area contributed by atoms with E-state index in [2.05, 4.69) is 4.90 Å². The molecule has 1 aliphatic rings. The molecule has 0 aromatic heterocycles. The molecule has 0 amide bonds. The number of carboxylic acids is 2. The summed E-state index contributed by atoms with van der Waals surface area (Å²) in [5.41, 5.74) is 2.13. The van der Waals surface area contributed by atoms with Gasteiger partial charge >= 0.3 is 11.9 Å². The van der Waals surface area contributed by atoms with E-state index >= 15 is 0 Å². The first-order valence-electron chi connectivity index (χ1n) is 7.29. The molecule has 0 bridgehead atoms. The third-order valence-electron chi connectivity index (χ3n) is 3.88. The number of piperidine rings is 1. The normalized spacial score (nSPS) is 19.3. The Kier molecular flexibility index (Phi) is 5.33.